The Bertz CT molecular complexity index is 176. The molecule has 1 atom stereocenters. The standard InChI is InChI=1S/C9H16O4/c1-4-9(11)13-6-7(2)5-12-8(3)10/h7H,4-6H2,1-3H3. The third-order valence-electron chi connectivity index (χ3n) is 1.39. The molecule has 0 saturated heterocycles. The molecule has 76 valence electrons. The van der Waals surface area contributed by atoms with Crippen LogP contribution in [0.25, 0.3) is 0 Å². The van der Waals surface area contributed by atoms with Gasteiger partial charge in [-0.05, 0) is 0 Å². The highest BCUT2D eigenvalue weighted by atomic mass is 16.5. The molecule has 4 nitrogen and oxygen atoms in total. The van der Waals surface area contributed by atoms with Crippen molar-refractivity contribution < 1.29 is 19.1 Å². The summed E-state index contributed by atoms with van der Waals surface area (Å²) in [5, 5.41) is 0. The summed E-state index contributed by atoms with van der Waals surface area (Å²) in [7, 11) is 0. The first-order valence-corrected chi connectivity index (χ1v) is 4.35. The molecule has 0 heterocycles. The molecule has 0 amide bonds. The summed E-state index contributed by atoms with van der Waals surface area (Å²) in [6, 6.07) is 0. The van der Waals surface area contributed by atoms with Gasteiger partial charge >= 0.3 is 11.9 Å². The molecule has 0 rings (SSSR count). The van der Waals surface area contributed by atoms with Gasteiger partial charge in [0.2, 0.25) is 0 Å². The fourth-order valence-electron chi connectivity index (χ4n) is 0.645. The zero-order chi connectivity index (χ0) is 10.3. The van der Waals surface area contributed by atoms with Gasteiger partial charge in [-0.1, -0.05) is 13.8 Å². The minimum Gasteiger partial charge on any atom is -0.465 e. The number of ether oxygens (including phenoxy) is 2. The Balaban J connectivity index is 3.45. The normalized spacial score (nSPS) is 11.9. The molecule has 0 aromatic rings. The van der Waals surface area contributed by atoms with E-state index in [1.807, 2.05) is 6.92 Å². The van der Waals surface area contributed by atoms with Crippen molar-refractivity contribution in [3.8, 4) is 0 Å². The Kier molecular flexibility index (Phi) is 5.93. The minimum absolute atomic E-state index is 0.0550. The number of rotatable bonds is 5. The molecule has 0 aliphatic rings. The van der Waals surface area contributed by atoms with E-state index in [0.29, 0.717) is 19.6 Å². The lowest BCUT2D eigenvalue weighted by atomic mass is 10.2. The van der Waals surface area contributed by atoms with Crippen molar-refractivity contribution in [2.45, 2.75) is 27.2 Å². The van der Waals surface area contributed by atoms with Crippen LogP contribution < -0.4 is 0 Å². The monoisotopic (exact) mass is 188 g/mol. The van der Waals surface area contributed by atoms with Crippen LogP contribution in [0, 0.1) is 5.92 Å². The van der Waals surface area contributed by atoms with Crippen LogP contribution in [0.3, 0.4) is 0 Å². The highest BCUT2D eigenvalue weighted by Gasteiger charge is 2.06. The first-order valence-electron chi connectivity index (χ1n) is 4.35. The summed E-state index contributed by atoms with van der Waals surface area (Å²) in [4.78, 5) is 21.1. The van der Waals surface area contributed by atoms with Gasteiger partial charge in [0, 0.05) is 19.3 Å². The molecule has 0 bridgehead atoms. The molecule has 0 aliphatic carbocycles. The van der Waals surface area contributed by atoms with E-state index in [9.17, 15) is 9.59 Å². The van der Waals surface area contributed by atoms with Crippen LogP contribution in [0.5, 0.6) is 0 Å². The molecule has 0 N–H and O–H groups in total. The smallest absolute Gasteiger partial charge is 0.305 e. The van der Waals surface area contributed by atoms with Gasteiger partial charge in [0.1, 0.15) is 0 Å². The second kappa shape index (κ2) is 6.46. The van der Waals surface area contributed by atoms with Crippen LogP contribution >= 0.6 is 0 Å². The number of esters is 2. The van der Waals surface area contributed by atoms with Crippen LogP contribution in [0.4, 0.5) is 0 Å². The van der Waals surface area contributed by atoms with Crippen molar-refractivity contribution in [2.75, 3.05) is 13.2 Å². The van der Waals surface area contributed by atoms with Gasteiger partial charge in [0.25, 0.3) is 0 Å². The van der Waals surface area contributed by atoms with Gasteiger partial charge < -0.3 is 9.47 Å². The molecule has 0 fully saturated rings. The summed E-state index contributed by atoms with van der Waals surface area (Å²) in [5.74, 6) is -0.484. The van der Waals surface area contributed by atoms with E-state index in [2.05, 4.69) is 0 Å². The average Bonchev–Trinajstić information content (AvgIpc) is 2.10. The summed E-state index contributed by atoms with van der Waals surface area (Å²) in [5.41, 5.74) is 0. The van der Waals surface area contributed by atoms with Crippen LogP contribution in [0.15, 0.2) is 0 Å². The molecular formula is C9H16O4. The van der Waals surface area contributed by atoms with Crippen LogP contribution in [0.2, 0.25) is 0 Å². The second-order valence-corrected chi connectivity index (χ2v) is 2.94. The predicted octanol–water partition coefficient (Wildman–Crippen LogP) is 1.14. The van der Waals surface area contributed by atoms with Crippen molar-refractivity contribution in [3.05, 3.63) is 0 Å². The lowest BCUT2D eigenvalue weighted by molar-refractivity contribution is -0.147. The number of carbonyl (C=O) groups excluding carboxylic acids is 2. The third kappa shape index (κ3) is 7.31. The molecule has 0 aromatic heterocycles. The Labute approximate surface area is 78.2 Å². The Morgan fingerprint density at radius 3 is 2.23 bits per heavy atom. The first-order chi connectivity index (χ1) is 6.06. The molecular weight excluding hydrogens is 172 g/mol. The van der Waals surface area contributed by atoms with Gasteiger partial charge in [-0.3, -0.25) is 9.59 Å². The maximum Gasteiger partial charge on any atom is 0.305 e. The highest BCUT2D eigenvalue weighted by molar-refractivity contribution is 5.68. The molecule has 0 saturated carbocycles. The molecule has 13 heavy (non-hydrogen) atoms. The van der Waals surface area contributed by atoms with Crippen molar-refractivity contribution in [1.82, 2.24) is 0 Å². The van der Waals surface area contributed by atoms with E-state index >= 15 is 0 Å². The zero-order valence-corrected chi connectivity index (χ0v) is 8.33. The zero-order valence-electron chi connectivity index (χ0n) is 8.33. The van der Waals surface area contributed by atoms with Gasteiger partial charge in [-0.15, -0.1) is 0 Å². The van der Waals surface area contributed by atoms with Crippen molar-refractivity contribution in [2.24, 2.45) is 5.92 Å². The number of hydrogen-bond donors (Lipinski definition) is 0. The van der Waals surface area contributed by atoms with Crippen LogP contribution in [0.1, 0.15) is 27.2 Å². The largest absolute Gasteiger partial charge is 0.465 e. The van der Waals surface area contributed by atoms with E-state index < -0.39 is 0 Å². The molecule has 0 aliphatic heterocycles. The fourth-order valence-corrected chi connectivity index (χ4v) is 0.645. The Morgan fingerprint density at radius 2 is 1.77 bits per heavy atom. The lowest BCUT2D eigenvalue weighted by Gasteiger charge is -2.10. The fraction of sp³-hybridized carbons (Fsp3) is 0.778. The quantitative estimate of drug-likeness (QED) is 0.607. The topological polar surface area (TPSA) is 52.6 Å². The van der Waals surface area contributed by atoms with E-state index in [0.717, 1.165) is 0 Å². The van der Waals surface area contributed by atoms with Gasteiger partial charge in [0.05, 0.1) is 13.2 Å². The second-order valence-electron chi connectivity index (χ2n) is 2.94. The third-order valence-corrected chi connectivity index (χ3v) is 1.39. The minimum atomic E-state index is -0.311. The summed E-state index contributed by atoms with van der Waals surface area (Å²) in [6.07, 6.45) is 0.375. The lowest BCUT2D eigenvalue weighted by Crippen LogP contribution is -2.17. The van der Waals surface area contributed by atoms with E-state index in [4.69, 9.17) is 9.47 Å². The highest BCUT2D eigenvalue weighted by Crippen LogP contribution is 1.98. The maximum absolute atomic E-state index is 10.7. The molecule has 0 spiro atoms. The van der Waals surface area contributed by atoms with Gasteiger partial charge in [-0.2, -0.15) is 0 Å². The molecule has 1 unspecified atom stereocenters. The van der Waals surface area contributed by atoms with Crippen LogP contribution in [-0.4, -0.2) is 25.2 Å². The number of carbonyl (C=O) groups is 2. The summed E-state index contributed by atoms with van der Waals surface area (Å²) < 4.78 is 9.59. The maximum atomic E-state index is 10.7. The molecule has 0 aromatic carbocycles. The predicted molar refractivity (Wildman–Crippen MR) is 47.0 cm³/mol. The Morgan fingerprint density at radius 1 is 1.23 bits per heavy atom. The van der Waals surface area contributed by atoms with Crippen molar-refractivity contribution >= 4 is 11.9 Å². The number of hydrogen-bond acceptors (Lipinski definition) is 4. The SMILES string of the molecule is CCC(=O)OCC(C)COC(C)=O. The van der Waals surface area contributed by atoms with E-state index in [1.54, 1.807) is 6.92 Å². The van der Waals surface area contributed by atoms with Gasteiger partial charge in [-0.25, -0.2) is 0 Å². The van der Waals surface area contributed by atoms with E-state index in [-0.39, 0.29) is 17.9 Å². The summed E-state index contributed by atoms with van der Waals surface area (Å²) in [6.45, 7) is 5.54. The van der Waals surface area contributed by atoms with Gasteiger partial charge in [0.15, 0.2) is 0 Å². The average molecular weight is 188 g/mol. The molecule has 4 heteroatoms. The van der Waals surface area contributed by atoms with Crippen molar-refractivity contribution in [3.63, 3.8) is 0 Å². The van der Waals surface area contributed by atoms with E-state index in [1.165, 1.54) is 6.92 Å². The van der Waals surface area contributed by atoms with Crippen LogP contribution in [-0.2, 0) is 19.1 Å². The molecule has 0 radical (unpaired) electrons. The Hall–Kier alpha value is -1.06. The first kappa shape index (κ1) is 11.9. The summed E-state index contributed by atoms with van der Waals surface area (Å²) >= 11 is 0. The van der Waals surface area contributed by atoms with Crippen molar-refractivity contribution in [1.29, 1.82) is 0 Å².